The molecule has 26 heavy (non-hydrogen) atoms. The summed E-state index contributed by atoms with van der Waals surface area (Å²) in [5, 5.41) is 13.7. The molecule has 0 saturated carbocycles. The molecule has 2 aromatic carbocycles. The fourth-order valence-corrected chi connectivity index (χ4v) is 2.40. The van der Waals surface area contributed by atoms with Crippen LogP contribution in [-0.2, 0) is 0 Å². The summed E-state index contributed by atoms with van der Waals surface area (Å²) < 4.78 is 0. The molecule has 0 aliphatic heterocycles. The monoisotopic (exact) mass is 348 g/mol. The Labute approximate surface area is 149 Å². The van der Waals surface area contributed by atoms with E-state index in [-0.39, 0.29) is 5.91 Å². The van der Waals surface area contributed by atoms with Crippen molar-refractivity contribution in [1.82, 2.24) is 4.98 Å². The third kappa shape index (κ3) is 3.96. The first-order valence-corrected chi connectivity index (χ1v) is 7.74. The van der Waals surface area contributed by atoms with E-state index in [1.54, 1.807) is 24.5 Å². The second-order valence-corrected chi connectivity index (χ2v) is 5.51. The molecule has 0 spiro atoms. The van der Waals surface area contributed by atoms with E-state index in [4.69, 9.17) is 10.8 Å². The van der Waals surface area contributed by atoms with Crippen LogP contribution in [0.15, 0.2) is 67.0 Å². The second-order valence-electron chi connectivity index (χ2n) is 5.51. The summed E-state index contributed by atoms with van der Waals surface area (Å²) in [7, 11) is 0. The van der Waals surface area contributed by atoms with Crippen molar-refractivity contribution >= 4 is 29.1 Å². The molecular weight excluding hydrogens is 332 g/mol. The number of amides is 2. The normalized spacial score (nSPS) is 10.2. The van der Waals surface area contributed by atoms with Gasteiger partial charge in [0.2, 0.25) is 0 Å². The van der Waals surface area contributed by atoms with Crippen molar-refractivity contribution in [2.24, 2.45) is 0 Å². The van der Waals surface area contributed by atoms with Crippen LogP contribution in [0, 0.1) is 0 Å². The van der Waals surface area contributed by atoms with Crippen molar-refractivity contribution in [3.05, 3.63) is 72.6 Å². The quantitative estimate of drug-likeness (QED) is 0.537. The molecule has 130 valence electrons. The molecule has 0 aliphatic carbocycles. The van der Waals surface area contributed by atoms with Crippen LogP contribution in [0.3, 0.4) is 0 Å². The lowest BCUT2D eigenvalue weighted by Crippen LogP contribution is -2.13. The highest BCUT2D eigenvalue weighted by atomic mass is 16.4. The number of carbonyl (C=O) groups is 2. The van der Waals surface area contributed by atoms with Crippen molar-refractivity contribution in [2.75, 3.05) is 16.4 Å². The van der Waals surface area contributed by atoms with Crippen LogP contribution in [0.5, 0.6) is 0 Å². The van der Waals surface area contributed by atoms with Gasteiger partial charge in [-0.05, 0) is 48.0 Å². The van der Waals surface area contributed by atoms with E-state index < -0.39 is 6.09 Å². The maximum absolute atomic E-state index is 12.4. The number of carbonyl (C=O) groups excluding carboxylic acids is 1. The zero-order valence-corrected chi connectivity index (χ0v) is 13.6. The van der Waals surface area contributed by atoms with Gasteiger partial charge in [0.25, 0.3) is 5.91 Å². The van der Waals surface area contributed by atoms with Crippen LogP contribution in [0.2, 0.25) is 0 Å². The lowest BCUT2D eigenvalue weighted by molar-refractivity contribution is 0.102. The highest BCUT2D eigenvalue weighted by molar-refractivity contribution is 6.06. The predicted molar refractivity (Wildman–Crippen MR) is 100 cm³/mol. The molecule has 0 aliphatic rings. The number of hydrogen-bond acceptors (Lipinski definition) is 4. The lowest BCUT2D eigenvalue weighted by atomic mass is 10.1. The zero-order valence-electron chi connectivity index (χ0n) is 13.6. The first-order valence-electron chi connectivity index (χ1n) is 7.74. The van der Waals surface area contributed by atoms with Crippen molar-refractivity contribution in [3.63, 3.8) is 0 Å². The Morgan fingerprint density at radius 2 is 1.73 bits per heavy atom. The number of pyridine rings is 1. The SMILES string of the molecule is Nc1ccc(-c2cccnc2)cc1NC(=O)c1ccc(NC(=O)O)cc1. The fraction of sp³-hybridized carbons (Fsp3) is 0. The summed E-state index contributed by atoms with van der Waals surface area (Å²) in [6.07, 6.45) is 2.25. The fourth-order valence-electron chi connectivity index (χ4n) is 2.40. The summed E-state index contributed by atoms with van der Waals surface area (Å²) in [4.78, 5) is 27.1. The van der Waals surface area contributed by atoms with Crippen LogP contribution in [-0.4, -0.2) is 22.1 Å². The Morgan fingerprint density at radius 3 is 2.38 bits per heavy atom. The van der Waals surface area contributed by atoms with E-state index in [0.29, 0.717) is 22.6 Å². The van der Waals surface area contributed by atoms with Gasteiger partial charge in [-0.3, -0.25) is 15.1 Å². The summed E-state index contributed by atoms with van der Waals surface area (Å²) in [5.41, 5.74) is 9.45. The Balaban J connectivity index is 1.79. The number of aromatic nitrogens is 1. The van der Waals surface area contributed by atoms with Gasteiger partial charge in [-0.25, -0.2) is 4.79 Å². The molecule has 1 heterocycles. The minimum atomic E-state index is -1.16. The van der Waals surface area contributed by atoms with Crippen LogP contribution in [0.25, 0.3) is 11.1 Å². The summed E-state index contributed by atoms with van der Waals surface area (Å²) in [6, 6.07) is 15.2. The van der Waals surface area contributed by atoms with Crippen LogP contribution in [0.4, 0.5) is 21.9 Å². The van der Waals surface area contributed by atoms with Crippen molar-refractivity contribution in [3.8, 4) is 11.1 Å². The number of anilines is 3. The first kappa shape index (κ1) is 17.0. The van der Waals surface area contributed by atoms with Gasteiger partial charge in [0.15, 0.2) is 0 Å². The molecule has 0 bridgehead atoms. The molecule has 7 nitrogen and oxygen atoms in total. The molecule has 0 fully saturated rings. The molecule has 0 unspecified atom stereocenters. The minimum Gasteiger partial charge on any atom is -0.465 e. The largest absolute Gasteiger partial charge is 0.465 e. The van der Waals surface area contributed by atoms with E-state index in [9.17, 15) is 9.59 Å². The molecule has 3 aromatic rings. The van der Waals surface area contributed by atoms with Gasteiger partial charge in [0, 0.05) is 29.2 Å². The van der Waals surface area contributed by atoms with E-state index in [2.05, 4.69) is 15.6 Å². The van der Waals surface area contributed by atoms with Crippen LogP contribution < -0.4 is 16.4 Å². The number of nitrogens with one attached hydrogen (secondary N) is 2. The van der Waals surface area contributed by atoms with Crippen molar-refractivity contribution in [2.45, 2.75) is 0 Å². The average Bonchev–Trinajstić information content (AvgIpc) is 2.64. The number of nitrogens with zero attached hydrogens (tertiary/aromatic N) is 1. The molecule has 0 atom stereocenters. The van der Waals surface area contributed by atoms with Gasteiger partial charge in [-0.2, -0.15) is 0 Å². The first-order chi connectivity index (χ1) is 12.5. The molecule has 0 saturated heterocycles. The summed E-state index contributed by atoms with van der Waals surface area (Å²) >= 11 is 0. The Bertz CT molecular complexity index is 941. The number of nitrogens with two attached hydrogens (primary N) is 1. The smallest absolute Gasteiger partial charge is 0.409 e. The van der Waals surface area contributed by atoms with Gasteiger partial charge in [-0.1, -0.05) is 12.1 Å². The molecule has 2 amide bonds. The van der Waals surface area contributed by atoms with Gasteiger partial charge >= 0.3 is 6.09 Å². The second kappa shape index (κ2) is 7.35. The highest BCUT2D eigenvalue weighted by Crippen LogP contribution is 2.27. The molecule has 7 heteroatoms. The average molecular weight is 348 g/mol. The Hall–Kier alpha value is -3.87. The van der Waals surface area contributed by atoms with Gasteiger partial charge in [0.05, 0.1) is 11.4 Å². The Kier molecular flexibility index (Phi) is 4.80. The van der Waals surface area contributed by atoms with E-state index >= 15 is 0 Å². The Morgan fingerprint density at radius 1 is 0.962 bits per heavy atom. The van der Waals surface area contributed by atoms with E-state index in [0.717, 1.165) is 11.1 Å². The molecule has 3 rings (SSSR count). The third-order valence-corrected chi connectivity index (χ3v) is 3.69. The van der Waals surface area contributed by atoms with Crippen molar-refractivity contribution in [1.29, 1.82) is 0 Å². The van der Waals surface area contributed by atoms with Gasteiger partial charge < -0.3 is 16.2 Å². The number of carboxylic acid groups (broad SMARTS) is 1. The third-order valence-electron chi connectivity index (χ3n) is 3.69. The number of hydrogen-bond donors (Lipinski definition) is 4. The maximum Gasteiger partial charge on any atom is 0.409 e. The van der Waals surface area contributed by atoms with Crippen LogP contribution in [0.1, 0.15) is 10.4 Å². The highest BCUT2D eigenvalue weighted by Gasteiger charge is 2.10. The molecule has 0 radical (unpaired) electrons. The summed E-state index contributed by atoms with van der Waals surface area (Å²) in [5.74, 6) is -0.345. The number of rotatable bonds is 4. The maximum atomic E-state index is 12.4. The van der Waals surface area contributed by atoms with Crippen molar-refractivity contribution < 1.29 is 14.7 Å². The minimum absolute atomic E-state index is 0.345. The number of benzene rings is 2. The van der Waals surface area contributed by atoms with Crippen LogP contribution >= 0.6 is 0 Å². The topological polar surface area (TPSA) is 117 Å². The predicted octanol–water partition coefficient (Wildman–Crippen LogP) is 3.67. The zero-order chi connectivity index (χ0) is 18.5. The van der Waals surface area contributed by atoms with Gasteiger partial charge in [-0.15, -0.1) is 0 Å². The lowest BCUT2D eigenvalue weighted by Gasteiger charge is -2.11. The molecule has 1 aromatic heterocycles. The number of nitrogen functional groups attached to an aromatic ring is 1. The molecule has 5 N–H and O–H groups in total. The summed E-state index contributed by atoms with van der Waals surface area (Å²) in [6.45, 7) is 0. The van der Waals surface area contributed by atoms with E-state index in [1.165, 1.54) is 24.3 Å². The standard InChI is InChI=1S/C19H16N4O3/c20-16-8-5-13(14-2-1-9-21-11-14)10-17(16)23-18(24)12-3-6-15(7-4-12)22-19(25)26/h1-11,22H,20H2,(H,23,24)(H,25,26). The molecular formula is C19H16N4O3. The van der Waals surface area contributed by atoms with Gasteiger partial charge in [0.1, 0.15) is 0 Å². The van der Waals surface area contributed by atoms with E-state index in [1.807, 2.05) is 18.2 Å².